The number of aromatic nitrogens is 4. The van der Waals surface area contributed by atoms with E-state index in [9.17, 15) is 4.79 Å². The molecule has 0 atom stereocenters. The van der Waals surface area contributed by atoms with E-state index in [1.54, 1.807) is 6.20 Å². The van der Waals surface area contributed by atoms with Gasteiger partial charge in [0.05, 0.1) is 35.7 Å². The number of amides is 1. The molecule has 0 unspecified atom stereocenters. The number of hydrogen-bond acceptors (Lipinski definition) is 7. The number of hydrogen-bond donors (Lipinski definition) is 2. The predicted octanol–water partition coefficient (Wildman–Crippen LogP) is 2.34. The zero-order valence-corrected chi connectivity index (χ0v) is 18.4. The van der Waals surface area contributed by atoms with Gasteiger partial charge < -0.3 is 25.1 Å². The molecule has 2 fully saturated rings. The maximum absolute atomic E-state index is 12.1. The van der Waals surface area contributed by atoms with Gasteiger partial charge in [-0.25, -0.2) is 9.97 Å². The van der Waals surface area contributed by atoms with E-state index in [-0.39, 0.29) is 5.91 Å². The Morgan fingerprint density at radius 3 is 2.67 bits per heavy atom. The van der Waals surface area contributed by atoms with Crippen LogP contribution >= 0.6 is 0 Å². The SMILES string of the molecule is CNc1ncc(-c2cn3cc(N4CCOCC4)ccc3n2)c2cc(C3(C(N)=O)CC3)ncc12. The molecule has 1 aliphatic heterocycles. The number of ether oxygens (including phenoxy) is 1. The third kappa shape index (κ3) is 3.19. The summed E-state index contributed by atoms with van der Waals surface area (Å²) < 4.78 is 7.52. The maximum Gasteiger partial charge on any atom is 0.229 e. The van der Waals surface area contributed by atoms with Crippen LogP contribution in [0.4, 0.5) is 11.5 Å². The Labute approximate surface area is 190 Å². The van der Waals surface area contributed by atoms with Crippen molar-refractivity contribution in [2.24, 2.45) is 5.73 Å². The summed E-state index contributed by atoms with van der Waals surface area (Å²) in [5.74, 6) is 0.414. The molecule has 1 saturated carbocycles. The summed E-state index contributed by atoms with van der Waals surface area (Å²) in [5.41, 5.74) is 9.49. The van der Waals surface area contributed by atoms with Crippen LogP contribution in [0.2, 0.25) is 0 Å². The minimum atomic E-state index is -0.652. The van der Waals surface area contributed by atoms with Gasteiger partial charge in [-0.3, -0.25) is 9.78 Å². The third-order valence-corrected chi connectivity index (χ3v) is 6.81. The number of rotatable bonds is 5. The van der Waals surface area contributed by atoms with Gasteiger partial charge in [-0.2, -0.15) is 0 Å². The second kappa shape index (κ2) is 7.41. The fraction of sp³-hybridized carbons (Fsp3) is 0.333. The van der Waals surface area contributed by atoms with Crippen LogP contribution in [0.3, 0.4) is 0 Å². The number of primary amides is 1. The van der Waals surface area contributed by atoms with Crippen molar-refractivity contribution in [1.82, 2.24) is 19.4 Å². The van der Waals surface area contributed by atoms with E-state index in [0.717, 1.165) is 84.0 Å². The van der Waals surface area contributed by atoms with Gasteiger partial charge >= 0.3 is 0 Å². The lowest BCUT2D eigenvalue weighted by molar-refractivity contribution is -0.120. The van der Waals surface area contributed by atoms with E-state index in [0.29, 0.717) is 0 Å². The first-order chi connectivity index (χ1) is 16.1. The smallest absolute Gasteiger partial charge is 0.229 e. The minimum Gasteiger partial charge on any atom is -0.378 e. The summed E-state index contributed by atoms with van der Waals surface area (Å²) in [7, 11) is 1.83. The molecule has 5 heterocycles. The fourth-order valence-corrected chi connectivity index (χ4v) is 4.67. The summed E-state index contributed by atoms with van der Waals surface area (Å²) in [6.07, 6.45) is 9.20. The molecule has 2 aliphatic rings. The topological polar surface area (TPSA) is 111 Å². The van der Waals surface area contributed by atoms with Crippen LogP contribution in [0.5, 0.6) is 0 Å². The second-order valence-electron chi connectivity index (χ2n) is 8.71. The molecule has 1 saturated heterocycles. The fourth-order valence-electron chi connectivity index (χ4n) is 4.67. The lowest BCUT2D eigenvalue weighted by Gasteiger charge is -2.28. The van der Waals surface area contributed by atoms with Crippen LogP contribution in [0.15, 0.2) is 43.0 Å². The third-order valence-electron chi connectivity index (χ3n) is 6.81. The number of imidazole rings is 1. The number of pyridine rings is 3. The van der Waals surface area contributed by atoms with Crippen LogP contribution in [-0.2, 0) is 14.9 Å². The van der Waals surface area contributed by atoms with Gasteiger partial charge in [0.2, 0.25) is 5.91 Å². The molecule has 1 amide bonds. The molecule has 6 rings (SSSR count). The summed E-state index contributed by atoms with van der Waals surface area (Å²) in [6.45, 7) is 3.24. The first kappa shape index (κ1) is 19.9. The van der Waals surface area contributed by atoms with Crippen molar-refractivity contribution in [3.8, 4) is 11.3 Å². The summed E-state index contributed by atoms with van der Waals surface area (Å²) in [5, 5.41) is 4.96. The molecular formula is C24H25N7O2. The number of carbonyl (C=O) groups excluding carboxylic acids is 1. The van der Waals surface area contributed by atoms with Gasteiger partial charge in [0.25, 0.3) is 0 Å². The maximum atomic E-state index is 12.1. The first-order valence-corrected chi connectivity index (χ1v) is 11.2. The highest BCUT2D eigenvalue weighted by Gasteiger charge is 2.51. The molecule has 3 N–H and O–H groups in total. The van der Waals surface area contributed by atoms with Crippen molar-refractivity contribution in [1.29, 1.82) is 0 Å². The molecule has 33 heavy (non-hydrogen) atoms. The molecule has 9 heteroatoms. The molecule has 4 aromatic heterocycles. The van der Waals surface area contributed by atoms with Crippen molar-refractivity contribution in [2.45, 2.75) is 18.3 Å². The molecule has 4 aromatic rings. The highest BCUT2D eigenvalue weighted by atomic mass is 16.5. The van der Waals surface area contributed by atoms with Gasteiger partial charge in [-0.1, -0.05) is 0 Å². The summed E-state index contributed by atoms with van der Waals surface area (Å²) in [6, 6.07) is 6.11. The number of nitrogens with zero attached hydrogens (tertiary/aromatic N) is 5. The van der Waals surface area contributed by atoms with Crippen LogP contribution < -0.4 is 16.0 Å². The lowest BCUT2D eigenvalue weighted by atomic mass is 9.97. The molecule has 0 radical (unpaired) electrons. The van der Waals surface area contributed by atoms with Gasteiger partial charge in [-0.15, -0.1) is 0 Å². The number of morpholine rings is 1. The number of anilines is 2. The van der Waals surface area contributed by atoms with Crippen molar-refractivity contribution < 1.29 is 9.53 Å². The van der Waals surface area contributed by atoms with Crippen LogP contribution in [-0.4, -0.2) is 58.6 Å². The quantitative estimate of drug-likeness (QED) is 0.487. The molecular weight excluding hydrogens is 418 g/mol. The Hall–Kier alpha value is -3.72. The second-order valence-corrected chi connectivity index (χ2v) is 8.71. The van der Waals surface area contributed by atoms with E-state index in [4.69, 9.17) is 15.5 Å². The monoisotopic (exact) mass is 443 g/mol. The van der Waals surface area contributed by atoms with Crippen molar-refractivity contribution in [2.75, 3.05) is 43.6 Å². The minimum absolute atomic E-state index is 0.317. The molecule has 0 bridgehead atoms. The standard InChI is InChI=1S/C24H25N7O2/c1-26-22-18-12-27-20(24(4-5-24)23(25)32)10-16(18)17(11-28-22)19-14-31-13-15(2-3-21(31)29-19)30-6-8-33-9-7-30/h2-3,10-14H,4-9H2,1H3,(H2,25,32)(H,26,28). The van der Waals surface area contributed by atoms with E-state index in [2.05, 4.69) is 32.4 Å². The largest absolute Gasteiger partial charge is 0.378 e. The zero-order valence-electron chi connectivity index (χ0n) is 18.4. The highest BCUT2D eigenvalue weighted by molar-refractivity contribution is 6.02. The van der Waals surface area contributed by atoms with Gasteiger partial charge in [0.15, 0.2) is 0 Å². The Bertz CT molecular complexity index is 1390. The number of nitrogens with one attached hydrogen (secondary N) is 1. The molecule has 0 spiro atoms. The van der Waals surface area contributed by atoms with Crippen molar-refractivity contribution in [3.05, 3.63) is 48.7 Å². The zero-order chi connectivity index (χ0) is 22.6. The Balaban J connectivity index is 1.48. The number of carbonyl (C=O) groups is 1. The number of fused-ring (bicyclic) bond motifs is 2. The van der Waals surface area contributed by atoms with E-state index < -0.39 is 5.41 Å². The Kier molecular flexibility index (Phi) is 4.48. The molecule has 168 valence electrons. The van der Waals surface area contributed by atoms with Crippen LogP contribution in [0, 0.1) is 0 Å². The van der Waals surface area contributed by atoms with Crippen molar-refractivity contribution >= 4 is 33.8 Å². The van der Waals surface area contributed by atoms with E-state index in [1.807, 2.05) is 36.0 Å². The van der Waals surface area contributed by atoms with Crippen molar-refractivity contribution in [3.63, 3.8) is 0 Å². The van der Waals surface area contributed by atoms with Crippen LogP contribution in [0.25, 0.3) is 27.7 Å². The van der Waals surface area contributed by atoms with E-state index >= 15 is 0 Å². The Morgan fingerprint density at radius 1 is 1.12 bits per heavy atom. The predicted molar refractivity (Wildman–Crippen MR) is 126 cm³/mol. The summed E-state index contributed by atoms with van der Waals surface area (Å²) >= 11 is 0. The molecule has 0 aromatic carbocycles. The lowest BCUT2D eigenvalue weighted by Crippen LogP contribution is -2.36. The first-order valence-electron chi connectivity index (χ1n) is 11.2. The van der Waals surface area contributed by atoms with Gasteiger partial charge in [-0.05, 0) is 36.4 Å². The Morgan fingerprint density at radius 2 is 1.94 bits per heavy atom. The average Bonchev–Trinajstić information content (AvgIpc) is 3.57. The average molecular weight is 444 g/mol. The van der Waals surface area contributed by atoms with Crippen LogP contribution in [0.1, 0.15) is 18.5 Å². The normalized spacial score (nSPS) is 17.4. The number of nitrogens with two attached hydrogens (primary N) is 1. The van der Waals surface area contributed by atoms with E-state index in [1.165, 1.54) is 0 Å². The van der Waals surface area contributed by atoms with Gasteiger partial charge in [0, 0.05) is 55.9 Å². The highest BCUT2D eigenvalue weighted by Crippen LogP contribution is 2.48. The molecule has 9 nitrogen and oxygen atoms in total. The summed E-state index contributed by atoms with van der Waals surface area (Å²) in [4.78, 5) is 28.5. The van der Waals surface area contributed by atoms with Gasteiger partial charge in [0.1, 0.15) is 11.5 Å². The molecule has 1 aliphatic carbocycles.